The van der Waals surface area contributed by atoms with Gasteiger partial charge in [0.25, 0.3) is 0 Å². The van der Waals surface area contributed by atoms with Crippen molar-refractivity contribution in [1.82, 2.24) is 14.7 Å². The maximum atomic E-state index is 12.9. The van der Waals surface area contributed by atoms with Crippen LogP contribution in [-0.4, -0.2) is 73.5 Å². The molecule has 3 aliphatic heterocycles. The molecule has 2 saturated heterocycles. The van der Waals surface area contributed by atoms with Crippen molar-refractivity contribution >= 4 is 23.0 Å². The molecular weight excluding hydrogens is 398 g/mol. The molecule has 0 aliphatic carbocycles. The van der Waals surface area contributed by atoms with Gasteiger partial charge in [-0.1, -0.05) is 6.07 Å². The number of carbonyl (C=O) groups is 1. The van der Waals surface area contributed by atoms with Gasteiger partial charge in [0.05, 0.1) is 6.54 Å². The molecule has 2 aromatic rings. The van der Waals surface area contributed by atoms with Crippen LogP contribution in [0.1, 0.15) is 30.4 Å². The first-order chi connectivity index (χ1) is 15.6. The van der Waals surface area contributed by atoms with Gasteiger partial charge < -0.3 is 20.0 Å². The summed E-state index contributed by atoms with van der Waals surface area (Å²) in [5.41, 5.74) is 6.03. The van der Waals surface area contributed by atoms with Crippen molar-refractivity contribution < 1.29 is 4.79 Å². The topological polar surface area (TPSA) is 42.1 Å². The first kappa shape index (κ1) is 21.3. The van der Waals surface area contributed by atoms with Crippen LogP contribution in [0.4, 0.5) is 17.1 Å². The minimum atomic E-state index is 0.244. The van der Waals surface area contributed by atoms with E-state index in [1.54, 1.807) is 0 Å². The fourth-order valence-electron chi connectivity index (χ4n) is 5.02. The van der Waals surface area contributed by atoms with Crippen LogP contribution >= 0.6 is 0 Å². The Labute approximate surface area is 191 Å². The zero-order chi connectivity index (χ0) is 21.9. The summed E-state index contributed by atoms with van der Waals surface area (Å²) < 4.78 is 0. The van der Waals surface area contributed by atoms with E-state index in [1.807, 2.05) is 4.90 Å². The molecule has 2 fully saturated rings. The van der Waals surface area contributed by atoms with E-state index in [-0.39, 0.29) is 5.91 Å². The fourth-order valence-corrected chi connectivity index (χ4v) is 5.02. The van der Waals surface area contributed by atoms with Crippen molar-refractivity contribution in [2.45, 2.75) is 32.4 Å². The van der Waals surface area contributed by atoms with Crippen molar-refractivity contribution in [1.29, 1.82) is 0 Å². The van der Waals surface area contributed by atoms with E-state index in [0.29, 0.717) is 13.1 Å². The number of rotatable bonds is 5. The highest BCUT2D eigenvalue weighted by molar-refractivity contribution is 5.79. The minimum absolute atomic E-state index is 0.244. The summed E-state index contributed by atoms with van der Waals surface area (Å²) in [5.74, 6) is 0.244. The number of benzene rings is 2. The zero-order valence-electron chi connectivity index (χ0n) is 19.2. The number of piperazine rings is 1. The lowest BCUT2D eigenvalue weighted by molar-refractivity contribution is -0.133. The number of hydrogen-bond donors (Lipinski definition) is 1. The number of nitrogens with zero attached hydrogens (tertiary/aromatic N) is 4. The second kappa shape index (κ2) is 9.51. The predicted octanol–water partition coefficient (Wildman–Crippen LogP) is 3.51. The van der Waals surface area contributed by atoms with Crippen LogP contribution < -0.4 is 10.2 Å². The Bertz CT molecular complexity index is 930. The summed E-state index contributed by atoms with van der Waals surface area (Å²) >= 11 is 0. The third-order valence-corrected chi connectivity index (χ3v) is 7.11. The molecule has 6 heteroatoms. The number of fused-ring (bicyclic) bond motifs is 1. The molecule has 5 rings (SSSR count). The molecule has 1 amide bonds. The SMILES string of the molecule is CN1CCN(CC(=O)N2Cc3ccc(Nc4ccc(N5CCCCC5)cc4)cc3C2)CC1. The van der Waals surface area contributed by atoms with E-state index in [4.69, 9.17) is 0 Å². The summed E-state index contributed by atoms with van der Waals surface area (Å²) in [4.78, 5) is 21.9. The number of amides is 1. The average molecular weight is 434 g/mol. The maximum absolute atomic E-state index is 12.9. The Morgan fingerprint density at radius 1 is 0.812 bits per heavy atom. The highest BCUT2D eigenvalue weighted by atomic mass is 16.2. The lowest BCUT2D eigenvalue weighted by Crippen LogP contribution is -2.48. The highest BCUT2D eigenvalue weighted by Crippen LogP contribution is 2.28. The van der Waals surface area contributed by atoms with E-state index >= 15 is 0 Å². The summed E-state index contributed by atoms with van der Waals surface area (Å²) in [6.07, 6.45) is 3.95. The largest absolute Gasteiger partial charge is 0.372 e. The molecule has 3 aliphatic rings. The number of nitrogens with one attached hydrogen (secondary N) is 1. The third kappa shape index (κ3) is 4.92. The Morgan fingerprint density at radius 2 is 1.50 bits per heavy atom. The van der Waals surface area contributed by atoms with E-state index in [1.165, 1.54) is 49.2 Å². The monoisotopic (exact) mass is 433 g/mol. The fraction of sp³-hybridized carbons (Fsp3) is 0.500. The van der Waals surface area contributed by atoms with Crippen LogP contribution in [0.25, 0.3) is 0 Å². The number of likely N-dealkylation sites (N-methyl/N-ethyl adjacent to an activating group) is 1. The molecule has 1 N–H and O–H groups in total. The van der Waals surface area contributed by atoms with E-state index < -0.39 is 0 Å². The standard InChI is InChI=1S/C26H35N5O/c1-28-13-15-29(16-14-28)20-26(32)31-18-21-5-6-24(17-22(21)19-31)27-23-7-9-25(10-8-23)30-11-3-2-4-12-30/h5-10,17,27H,2-4,11-16,18-20H2,1H3. The molecule has 0 atom stereocenters. The maximum Gasteiger partial charge on any atom is 0.237 e. The minimum Gasteiger partial charge on any atom is -0.372 e. The van der Waals surface area contributed by atoms with Crippen LogP contribution in [0.5, 0.6) is 0 Å². The lowest BCUT2D eigenvalue weighted by atomic mass is 10.1. The van der Waals surface area contributed by atoms with Gasteiger partial charge in [0, 0.05) is 69.4 Å². The summed E-state index contributed by atoms with van der Waals surface area (Å²) in [6, 6.07) is 15.3. The second-order valence-electron chi connectivity index (χ2n) is 9.53. The van der Waals surface area contributed by atoms with Crippen molar-refractivity contribution in [2.75, 3.05) is 63.1 Å². The van der Waals surface area contributed by atoms with E-state index in [2.05, 4.69) is 69.5 Å². The molecule has 0 unspecified atom stereocenters. The van der Waals surface area contributed by atoms with Gasteiger partial charge in [-0.2, -0.15) is 0 Å². The molecule has 170 valence electrons. The molecule has 0 saturated carbocycles. The van der Waals surface area contributed by atoms with Crippen LogP contribution in [0.2, 0.25) is 0 Å². The first-order valence-electron chi connectivity index (χ1n) is 12.1. The van der Waals surface area contributed by atoms with Gasteiger partial charge >= 0.3 is 0 Å². The van der Waals surface area contributed by atoms with Crippen LogP contribution in [-0.2, 0) is 17.9 Å². The van der Waals surface area contributed by atoms with Gasteiger partial charge in [0.2, 0.25) is 5.91 Å². The molecule has 6 nitrogen and oxygen atoms in total. The molecule has 0 aromatic heterocycles. The molecule has 0 spiro atoms. The number of carbonyl (C=O) groups excluding carboxylic acids is 1. The summed E-state index contributed by atoms with van der Waals surface area (Å²) in [5, 5.41) is 3.54. The highest BCUT2D eigenvalue weighted by Gasteiger charge is 2.26. The number of piperidine rings is 1. The third-order valence-electron chi connectivity index (χ3n) is 7.11. The van der Waals surface area contributed by atoms with Crippen LogP contribution in [0, 0.1) is 0 Å². The van der Waals surface area contributed by atoms with Crippen molar-refractivity contribution in [2.24, 2.45) is 0 Å². The van der Waals surface area contributed by atoms with Crippen LogP contribution in [0.15, 0.2) is 42.5 Å². The lowest BCUT2D eigenvalue weighted by Gasteiger charge is -2.32. The molecule has 32 heavy (non-hydrogen) atoms. The Morgan fingerprint density at radius 3 is 2.25 bits per heavy atom. The summed E-state index contributed by atoms with van der Waals surface area (Å²) in [6.45, 7) is 8.36. The predicted molar refractivity (Wildman–Crippen MR) is 130 cm³/mol. The van der Waals surface area contributed by atoms with Gasteiger partial charge in [-0.15, -0.1) is 0 Å². The van der Waals surface area contributed by atoms with Crippen molar-refractivity contribution in [3.63, 3.8) is 0 Å². The smallest absolute Gasteiger partial charge is 0.237 e. The zero-order valence-corrected chi connectivity index (χ0v) is 19.2. The molecule has 2 aromatic carbocycles. The molecule has 3 heterocycles. The number of anilines is 3. The van der Waals surface area contributed by atoms with Gasteiger partial charge in [0.1, 0.15) is 0 Å². The molecule has 0 radical (unpaired) electrons. The Kier molecular flexibility index (Phi) is 6.32. The van der Waals surface area contributed by atoms with Gasteiger partial charge in [0.15, 0.2) is 0 Å². The van der Waals surface area contributed by atoms with Crippen molar-refractivity contribution in [3.8, 4) is 0 Å². The normalized spacial score (nSPS) is 19.8. The molecular formula is C26H35N5O. The molecule has 0 bridgehead atoms. The van der Waals surface area contributed by atoms with E-state index in [9.17, 15) is 4.79 Å². The quantitative estimate of drug-likeness (QED) is 0.782. The van der Waals surface area contributed by atoms with Crippen LogP contribution in [0.3, 0.4) is 0 Å². The average Bonchev–Trinajstić information content (AvgIpc) is 3.25. The van der Waals surface area contributed by atoms with Gasteiger partial charge in [-0.25, -0.2) is 0 Å². The van der Waals surface area contributed by atoms with E-state index in [0.717, 1.165) is 44.1 Å². The first-order valence-corrected chi connectivity index (χ1v) is 12.1. The number of hydrogen-bond acceptors (Lipinski definition) is 5. The Hall–Kier alpha value is -2.57. The Balaban J connectivity index is 1.17. The summed E-state index contributed by atoms with van der Waals surface area (Å²) in [7, 11) is 2.14. The van der Waals surface area contributed by atoms with Gasteiger partial charge in [-0.3, -0.25) is 9.69 Å². The van der Waals surface area contributed by atoms with Crippen molar-refractivity contribution in [3.05, 3.63) is 53.6 Å². The van der Waals surface area contributed by atoms with Gasteiger partial charge in [-0.05, 0) is 73.8 Å². The second-order valence-corrected chi connectivity index (χ2v) is 9.53.